The SMILES string of the molecule is C/C(=C\CN1C(=O)c2cccc(O)c2Nc2ccc(O)cc21)CC/C=C(\C)CCOC(C)(C)C. The van der Waals surface area contributed by atoms with E-state index >= 15 is 0 Å². The largest absolute Gasteiger partial charge is 0.508 e. The molecule has 0 fully saturated rings. The molecule has 3 N–H and O–H groups in total. The van der Waals surface area contributed by atoms with Crippen molar-refractivity contribution in [2.24, 2.45) is 0 Å². The average molecular weight is 465 g/mol. The second-order valence-electron chi connectivity index (χ2n) is 9.79. The summed E-state index contributed by atoms with van der Waals surface area (Å²) in [6.07, 6.45) is 7.03. The molecule has 182 valence electrons. The summed E-state index contributed by atoms with van der Waals surface area (Å²) in [5.74, 6) is -0.153. The Hall–Kier alpha value is -3.25. The van der Waals surface area contributed by atoms with E-state index in [0.29, 0.717) is 29.2 Å². The maximum absolute atomic E-state index is 13.4. The molecule has 2 aromatic rings. The number of anilines is 3. The van der Waals surface area contributed by atoms with Gasteiger partial charge < -0.3 is 25.2 Å². The van der Waals surface area contributed by atoms with Crippen molar-refractivity contribution in [1.29, 1.82) is 0 Å². The third-order valence-electron chi connectivity index (χ3n) is 5.74. The van der Waals surface area contributed by atoms with Gasteiger partial charge in [0.25, 0.3) is 5.91 Å². The minimum atomic E-state index is -0.235. The van der Waals surface area contributed by atoms with Crippen LogP contribution in [-0.2, 0) is 4.74 Å². The van der Waals surface area contributed by atoms with E-state index in [4.69, 9.17) is 4.74 Å². The molecular formula is C28H36N2O4. The minimum Gasteiger partial charge on any atom is -0.508 e. The third-order valence-corrected chi connectivity index (χ3v) is 5.74. The van der Waals surface area contributed by atoms with Gasteiger partial charge in [-0.2, -0.15) is 0 Å². The highest BCUT2D eigenvalue weighted by molar-refractivity contribution is 6.14. The first-order valence-electron chi connectivity index (χ1n) is 11.7. The lowest BCUT2D eigenvalue weighted by Crippen LogP contribution is -2.30. The number of ether oxygens (including phenoxy) is 1. The Morgan fingerprint density at radius 2 is 1.79 bits per heavy atom. The summed E-state index contributed by atoms with van der Waals surface area (Å²) in [4.78, 5) is 15.0. The summed E-state index contributed by atoms with van der Waals surface area (Å²) < 4.78 is 5.79. The fourth-order valence-electron chi connectivity index (χ4n) is 3.79. The number of nitrogens with zero attached hydrogens (tertiary/aromatic N) is 1. The number of amides is 1. The topological polar surface area (TPSA) is 82.0 Å². The van der Waals surface area contributed by atoms with Crippen LogP contribution in [-0.4, -0.2) is 34.9 Å². The van der Waals surface area contributed by atoms with Gasteiger partial charge in [0.15, 0.2) is 0 Å². The second-order valence-corrected chi connectivity index (χ2v) is 9.79. The van der Waals surface area contributed by atoms with Crippen molar-refractivity contribution in [3.05, 3.63) is 65.3 Å². The lowest BCUT2D eigenvalue weighted by Gasteiger charge is -2.22. The van der Waals surface area contributed by atoms with Gasteiger partial charge in [-0.1, -0.05) is 29.4 Å². The molecule has 6 nitrogen and oxygen atoms in total. The quantitative estimate of drug-likeness (QED) is 0.231. The van der Waals surface area contributed by atoms with Gasteiger partial charge in [-0.05, 0) is 78.1 Å². The smallest absolute Gasteiger partial charge is 0.260 e. The van der Waals surface area contributed by atoms with Gasteiger partial charge in [0, 0.05) is 12.6 Å². The Labute approximate surface area is 202 Å². The summed E-state index contributed by atoms with van der Waals surface area (Å²) in [7, 11) is 0. The van der Waals surface area contributed by atoms with E-state index in [9.17, 15) is 15.0 Å². The van der Waals surface area contributed by atoms with Crippen LogP contribution in [0.2, 0.25) is 0 Å². The highest BCUT2D eigenvalue weighted by Crippen LogP contribution is 2.41. The van der Waals surface area contributed by atoms with Crippen molar-refractivity contribution < 1.29 is 19.7 Å². The molecule has 0 spiro atoms. The lowest BCUT2D eigenvalue weighted by molar-refractivity contribution is -0.000966. The number of allylic oxidation sites excluding steroid dienone is 2. The zero-order chi connectivity index (χ0) is 24.9. The number of nitrogens with one attached hydrogen (secondary N) is 1. The van der Waals surface area contributed by atoms with Crippen molar-refractivity contribution in [3.8, 4) is 11.5 Å². The molecular weight excluding hydrogens is 428 g/mol. The molecule has 3 rings (SSSR count). The number of hydrogen-bond acceptors (Lipinski definition) is 5. The summed E-state index contributed by atoms with van der Waals surface area (Å²) in [5, 5.41) is 23.5. The Bertz CT molecular complexity index is 1100. The van der Waals surface area contributed by atoms with Crippen LogP contribution in [0.5, 0.6) is 11.5 Å². The van der Waals surface area contributed by atoms with Crippen LogP contribution in [0.3, 0.4) is 0 Å². The molecule has 1 amide bonds. The van der Waals surface area contributed by atoms with E-state index in [0.717, 1.165) is 25.9 Å². The first-order chi connectivity index (χ1) is 16.0. The lowest BCUT2D eigenvalue weighted by atomic mass is 10.1. The standard InChI is InChI=1S/C28H36N2O4/c1-19(8-6-9-20(2)15-17-34-28(3,4)5)14-16-30-24-18-21(31)12-13-23(24)29-26-22(27(30)33)10-7-11-25(26)32/h7,9-14,18,29,31-32H,6,8,15-17H2,1-5H3/b19-14+,20-9+. The molecule has 0 aliphatic carbocycles. The van der Waals surface area contributed by atoms with Crippen LogP contribution in [0.15, 0.2) is 59.7 Å². The summed E-state index contributed by atoms with van der Waals surface area (Å²) in [5.41, 5.74) is 4.35. The molecule has 0 saturated heterocycles. The first kappa shape index (κ1) is 25.4. The molecule has 34 heavy (non-hydrogen) atoms. The van der Waals surface area contributed by atoms with Crippen LogP contribution < -0.4 is 10.2 Å². The summed E-state index contributed by atoms with van der Waals surface area (Å²) in [6.45, 7) is 11.5. The van der Waals surface area contributed by atoms with E-state index in [-0.39, 0.29) is 23.0 Å². The predicted octanol–water partition coefficient (Wildman–Crippen LogP) is 6.68. The number of hydrogen-bond donors (Lipinski definition) is 3. The normalized spacial score (nSPS) is 14.4. The number of rotatable bonds is 8. The molecule has 0 aromatic heterocycles. The first-order valence-corrected chi connectivity index (χ1v) is 11.7. The maximum atomic E-state index is 13.4. The van der Waals surface area contributed by atoms with Crippen LogP contribution in [0, 0.1) is 0 Å². The van der Waals surface area contributed by atoms with Gasteiger partial charge >= 0.3 is 0 Å². The molecule has 1 aliphatic rings. The van der Waals surface area contributed by atoms with Gasteiger partial charge in [-0.25, -0.2) is 0 Å². The zero-order valence-electron chi connectivity index (χ0n) is 20.8. The Morgan fingerprint density at radius 1 is 1.06 bits per heavy atom. The molecule has 1 aliphatic heterocycles. The van der Waals surface area contributed by atoms with Gasteiger partial charge in [0.2, 0.25) is 0 Å². The van der Waals surface area contributed by atoms with Crippen molar-refractivity contribution in [3.63, 3.8) is 0 Å². The van der Waals surface area contributed by atoms with Gasteiger partial charge in [-0.15, -0.1) is 0 Å². The van der Waals surface area contributed by atoms with Crippen LogP contribution in [0.4, 0.5) is 17.1 Å². The molecule has 0 saturated carbocycles. The molecule has 6 heteroatoms. The highest BCUT2D eigenvalue weighted by Gasteiger charge is 2.28. The number of phenolic OH excluding ortho intramolecular Hbond substituents is 2. The molecule has 2 aromatic carbocycles. The minimum absolute atomic E-state index is 0.00787. The van der Waals surface area contributed by atoms with Crippen molar-refractivity contribution in [2.45, 2.75) is 59.5 Å². The number of aromatic hydroxyl groups is 2. The van der Waals surface area contributed by atoms with Crippen molar-refractivity contribution in [2.75, 3.05) is 23.4 Å². The average Bonchev–Trinajstić information content (AvgIpc) is 2.86. The summed E-state index contributed by atoms with van der Waals surface area (Å²) in [6, 6.07) is 9.72. The highest BCUT2D eigenvalue weighted by atomic mass is 16.5. The molecule has 0 atom stereocenters. The van der Waals surface area contributed by atoms with E-state index < -0.39 is 0 Å². The van der Waals surface area contributed by atoms with Crippen molar-refractivity contribution in [1.82, 2.24) is 0 Å². The number of para-hydroxylation sites is 1. The fourth-order valence-corrected chi connectivity index (χ4v) is 3.79. The van der Waals surface area contributed by atoms with Crippen LogP contribution >= 0.6 is 0 Å². The maximum Gasteiger partial charge on any atom is 0.260 e. The number of benzene rings is 2. The van der Waals surface area contributed by atoms with Crippen LogP contribution in [0.25, 0.3) is 0 Å². The zero-order valence-corrected chi connectivity index (χ0v) is 20.8. The Morgan fingerprint density at radius 3 is 2.53 bits per heavy atom. The molecule has 0 unspecified atom stereocenters. The van der Waals surface area contributed by atoms with E-state index in [1.807, 2.05) is 6.08 Å². The molecule has 1 heterocycles. The molecule has 0 radical (unpaired) electrons. The number of phenols is 2. The number of carbonyl (C=O) groups is 1. The fraction of sp³-hybridized carbons (Fsp3) is 0.393. The van der Waals surface area contributed by atoms with E-state index in [1.165, 1.54) is 11.1 Å². The second kappa shape index (κ2) is 10.8. The third kappa shape index (κ3) is 6.64. The number of fused-ring (bicyclic) bond motifs is 2. The van der Waals surface area contributed by atoms with Gasteiger partial charge in [0.05, 0.1) is 34.8 Å². The summed E-state index contributed by atoms with van der Waals surface area (Å²) >= 11 is 0. The van der Waals surface area contributed by atoms with E-state index in [1.54, 1.807) is 41.3 Å². The van der Waals surface area contributed by atoms with Gasteiger partial charge in [-0.3, -0.25) is 4.79 Å². The van der Waals surface area contributed by atoms with Gasteiger partial charge in [0.1, 0.15) is 11.5 Å². The van der Waals surface area contributed by atoms with E-state index in [2.05, 4.69) is 46.0 Å². The Balaban J connectivity index is 1.70. The number of carbonyl (C=O) groups excluding carboxylic acids is 1. The van der Waals surface area contributed by atoms with Crippen LogP contribution in [0.1, 0.15) is 64.2 Å². The van der Waals surface area contributed by atoms with Crippen molar-refractivity contribution >= 4 is 23.0 Å². The Kier molecular flexibility index (Phi) is 8.05. The monoisotopic (exact) mass is 464 g/mol. The predicted molar refractivity (Wildman–Crippen MR) is 138 cm³/mol. The molecule has 0 bridgehead atoms.